The summed E-state index contributed by atoms with van der Waals surface area (Å²) < 4.78 is 46.6. The Balaban J connectivity index is 1.61. The highest BCUT2D eigenvalue weighted by Gasteiger charge is 2.44. The number of nitrogens with two attached hydrogens (primary N) is 1. The van der Waals surface area contributed by atoms with Crippen molar-refractivity contribution in [3.8, 4) is 0 Å². The Morgan fingerprint density at radius 1 is 1.15 bits per heavy atom. The van der Waals surface area contributed by atoms with E-state index in [1.807, 2.05) is 0 Å². The molecule has 1 aliphatic heterocycles. The van der Waals surface area contributed by atoms with Crippen LogP contribution in [0.4, 0.5) is 24.5 Å². The minimum absolute atomic E-state index is 0.0235. The molecule has 3 N–H and O–H groups in total. The molecule has 33 heavy (non-hydrogen) atoms. The summed E-state index contributed by atoms with van der Waals surface area (Å²) >= 11 is 0. The maximum atomic E-state index is 13.9. The van der Waals surface area contributed by atoms with Crippen molar-refractivity contribution in [3.63, 3.8) is 0 Å². The average molecular weight is 468 g/mol. The number of primary amides is 1. The van der Waals surface area contributed by atoms with E-state index in [9.17, 15) is 27.6 Å². The Bertz CT molecular complexity index is 917. The van der Waals surface area contributed by atoms with Gasteiger partial charge in [0.1, 0.15) is 6.61 Å². The van der Waals surface area contributed by atoms with Crippen LogP contribution < -0.4 is 16.0 Å². The third-order valence-corrected chi connectivity index (χ3v) is 6.67. The van der Waals surface area contributed by atoms with Crippen molar-refractivity contribution in [3.05, 3.63) is 23.8 Å². The fourth-order valence-electron chi connectivity index (χ4n) is 4.54. The van der Waals surface area contributed by atoms with Crippen LogP contribution in [0.5, 0.6) is 0 Å². The van der Waals surface area contributed by atoms with Gasteiger partial charge in [-0.25, -0.2) is 0 Å². The molecule has 1 aromatic rings. The molecule has 1 saturated heterocycles. The molecule has 0 unspecified atom stereocenters. The van der Waals surface area contributed by atoms with E-state index in [4.69, 9.17) is 10.5 Å². The van der Waals surface area contributed by atoms with Gasteiger partial charge < -0.3 is 20.7 Å². The molecule has 8 nitrogen and oxygen atoms in total. The predicted molar refractivity (Wildman–Crippen MR) is 113 cm³/mol. The van der Waals surface area contributed by atoms with Crippen LogP contribution in [-0.4, -0.2) is 60.5 Å². The lowest BCUT2D eigenvalue weighted by molar-refractivity contribution is -0.138. The molecule has 3 fully saturated rings. The molecule has 11 heteroatoms. The van der Waals surface area contributed by atoms with Gasteiger partial charge in [0, 0.05) is 24.3 Å². The maximum absolute atomic E-state index is 13.9. The first-order valence-corrected chi connectivity index (χ1v) is 11.1. The number of nitrogens with one attached hydrogen (secondary N) is 1. The van der Waals surface area contributed by atoms with Crippen molar-refractivity contribution in [2.45, 2.75) is 62.8 Å². The van der Waals surface area contributed by atoms with Crippen LogP contribution in [-0.2, 0) is 25.3 Å². The van der Waals surface area contributed by atoms with Crippen molar-refractivity contribution in [1.82, 2.24) is 4.90 Å². The van der Waals surface area contributed by atoms with Crippen molar-refractivity contribution in [2.75, 3.05) is 30.0 Å². The first kappa shape index (κ1) is 23.5. The van der Waals surface area contributed by atoms with Gasteiger partial charge in [0.2, 0.25) is 5.91 Å². The highest BCUT2D eigenvalue weighted by molar-refractivity contribution is 6.10. The normalized spacial score (nSPS) is 20.8. The smallest absolute Gasteiger partial charge is 0.370 e. The molecule has 0 bridgehead atoms. The highest BCUT2D eigenvalue weighted by Crippen LogP contribution is 2.39. The second-order valence-electron chi connectivity index (χ2n) is 8.74. The summed E-state index contributed by atoms with van der Waals surface area (Å²) in [6.45, 7) is 0.131. The van der Waals surface area contributed by atoms with Crippen LogP contribution in [0, 0.1) is 0 Å². The Morgan fingerprint density at radius 3 is 2.27 bits per heavy atom. The minimum Gasteiger partial charge on any atom is -0.370 e. The van der Waals surface area contributed by atoms with Gasteiger partial charge in [-0.3, -0.25) is 19.3 Å². The number of hydrogen-bond acceptors (Lipinski definition) is 5. The number of nitrogens with zero attached hydrogens (tertiary/aromatic N) is 2. The van der Waals surface area contributed by atoms with Gasteiger partial charge in [-0.05, 0) is 43.9 Å². The Labute approximate surface area is 189 Å². The zero-order valence-corrected chi connectivity index (χ0v) is 18.1. The third-order valence-electron chi connectivity index (χ3n) is 6.67. The highest BCUT2D eigenvalue weighted by atomic mass is 19.4. The van der Waals surface area contributed by atoms with Gasteiger partial charge in [-0.1, -0.05) is 12.8 Å². The number of carbonyl (C=O) groups excluding carboxylic acids is 3. The molecule has 0 spiro atoms. The van der Waals surface area contributed by atoms with Crippen LogP contribution in [0.15, 0.2) is 18.2 Å². The van der Waals surface area contributed by atoms with Crippen LogP contribution in [0.25, 0.3) is 0 Å². The van der Waals surface area contributed by atoms with Crippen molar-refractivity contribution >= 4 is 29.1 Å². The largest absolute Gasteiger partial charge is 0.418 e. The second kappa shape index (κ2) is 9.30. The topological polar surface area (TPSA) is 105 Å². The van der Waals surface area contributed by atoms with E-state index in [-0.39, 0.29) is 37.5 Å². The lowest BCUT2D eigenvalue weighted by Gasteiger charge is -2.48. The number of anilines is 2. The molecule has 4 rings (SSSR count). The van der Waals surface area contributed by atoms with E-state index in [0.29, 0.717) is 0 Å². The molecule has 2 saturated carbocycles. The lowest BCUT2D eigenvalue weighted by atomic mass is 9.83. The molecule has 1 aromatic carbocycles. The molecule has 2 aliphatic carbocycles. The SMILES string of the molecule is NC(=O)[C@@H](C(=O)Nc1ccc(N2CCOCC2=O)cc1C(F)(F)F)N(C1CCC1)C1CCC1. The van der Waals surface area contributed by atoms with Gasteiger partial charge in [0.25, 0.3) is 11.8 Å². The van der Waals surface area contributed by atoms with Crippen LogP contribution in [0.1, 0.15) is 44.1 Å². The Kier molecular flexibility index (Phi) is 6.62. The predicted octanol–water partition coefficient (Wildman–Crippen LogP) is 2.27. The molecule has 1 heterocycles. The maximum Gasteiger partial charge on any atom is 0.418 e. The fourth-order valence-corrected chi connectivity index (χ4v) is 4.54. The molecule has 3 aliphatic rings. The second-order valence-corrected chi connectivity index (χ2v) is 8.74. The Morgan fingerprint density at radius 2 is 1.79 bits per heavy atom. The molecular weight excluding hydrogens is 441 g/mol. The molecule has 3 amide bonds. The zero-order chi connectivity index (χ0) is 23.8. The van der Waals surface area contributed by atoms with Gasteiger partial charge in [0.15, 0.2) is 6.04 Å². The number of hydrogen-bond donors (Lipinski definition) is 2. The number of amides is 3. The summed E-state index contributed by atoms with van der Waals surface area (Å²) in [7, 11) is 0. The van der Waals surface area contributed by atoms with Crippen LogP contribution in [0.3, 0.4) is 0 Å². The van der Waals surface area contributed by atoms with Crippen molar-refractivity contribution in [1.29, 1.82) is 0 Å². The molecule has 180 valence electrons. The minimum atomic E-state index is -4.79. The summed E-state index contributed by atoms with van der Waals surface area (Å²) in [5, 5.41) is 2.30. The van der Waals surface area contributed by atoms with Crippen LogP contribution >= 0.6 is 0 Å². The van der Waals surface area contributed by atoms with Gasteiger partial charge in [-0.2, -0.15) is 13.2 Å². The van der Waals surface area contributed by atoms with Crippen LogP contribution in [0.2, 0.25) is 0 Å². The van der Waals surface area contributed by atoms with Gasteiger partial charge >= 0.3 is 6.18 Å². The number of carbonyl (C=O) groups is 3. The van der Waals surface area contributed by atoms with E-state index in [1.165, 1.54) is 11.0 Å². The van der Waals surface area contributed by atoms with Gasteiger partial charge in [0.05, 0.1) is 17.9 Å². The summed E-state index contributed by atoms with van der Waals surface area (Å²) in [4.78, 5) is 40.4. The number of rotatable bonds is 7. The fraction of sp³-hybridized carbons (Fsp3) is 0.591. The summed E-state index contributed by atoms with van der Waals surface area (Å²) in [6, 6.07) is 1.97. The first-order valence-electron chi connectivity index (χ1n) is 11.1. The summed E-state index contributed by atoms with van der Waals surface area (Å²) in [5.74, 6) is -2.20. The third kappa shape index (κ3) is 4.84. The number of morpholine rings is 1. The summed E-state index contributed by atoms with van der Waals surface area (Å²) in [6.07, 6.45) is 0.445. The molecule has 0 aromatic heterocycles. The number of alkyl halides is 3. The van der Waals surface area contributed by atoms with E-state index in [0.717, 1.165) is 50.7 Å². The molecular formula is C22H27F3N4O4. The van der Waals surface area contributed by atoms with E-state index in [1.54, 1.807) is 4.90 Å². The number of benzene rings is 1. The monoisotopic (exact) mass is 468 g/mol. The van der Waals surface area contributed by atoms with Crippen molar-refractivity contribution in [2.24, 2.45) is 5.73 Å². The lowest BCUT2D eigenvalue weighted by Crippen LogP contribution is -2.62. The molecule has 0 radical (unpaired) electrons. The zero-order valence-electron chi connectivity index (χ0n) is 18.1. The van der Waals surface area contributed by atoms with E-state index < -0.39 is 41.2 Å². The number of halogens is 3. The summed E-state index contributed by atoms with van der Waals surface area (Å²) in [5.41, 5.74) is 4.04. The van der Waals surface area contributed by atoms with Gasteiger partial charge in [-0.15, -0.1) is 0 Å². The number of ether oxygens (including phenoxy) is 1. The van der Waals surface area contributed by atoms with E-state index >= 15 is 0 Å². The average Bonchev–Trinajstić information content (AvgIpc) is 2.65. The van der Waals surface area contributed by atoms with Crippen molar-refractivity contribution < 1.29 is 32.3 Å². The standard InChI is InChI=1S/C22H27F3N4O4/c23-22(24,25)16-11-15(28-9-10-33-12-18(28)30)7-8-17(16)27-21(32)19(20(26)31)29(13-3-1-4-13)14-5-2-6-14/h7-8,11,13-14,19H,1-6,9-10,12H2,(H2,26,31)(H,27,32)/t19-/m0/s1. The first-order chi connectivity index (χ1) is 15.7. The molecule has 1 atom stereocenters. The van der Waals surface area contributed by atoms with E-state index in [2.05, 4.69) is 5.32 Å². The Hall–Kier alpha value is -2.66. The quantitative estimate of drug-likeness (QED) is 0.598.